The Morgan fingerprint density at radius 2 is 0.773 bits per heavy atom. The predicted molar refractivity (Wildman–Crippen MR) is 287 cm³/mol. The number of esters is 1. The lowest BCUT2D eigenvalue weighted by atomic mass is 10.0. The van der Waals surface area contributed by atoms with Crippen molar-refractivity contribution in [2.24, 2.45) is 0 Å². The third-order valence-electron chi connectivity index (χ3n) is 13.2. The molecule has 3 unspecified atom stereocenters. The normalized spacial score (nSPS) is 13.5. The molecule has 0 saturated heterocycles. The largest absolute Gasteiger partial charge is 0.462 e. The number of hydrogen-bond donors (Lipinski definition) is 3. The Balaban J connectivity index is 4.56. The number of ether oxygens (including phenoxy) is 1. The van der Waals surface area contributed by atoms with E-state index in [1.165, 1.54) is 173 Å². The van der Waals surface area contributed by atoms with Gasteiger partial charge in [0.15, 0.2) is 0 Å². The molecule has 3 atom stereocenters. The molecule has 0 radical (unpaired) electrons. The summed E-state index contributed by atoms with van der Waals surface area (Å²) in [6, 6.07) is -0.707. The number of carbonyl (C=O) groups is 2. The van der Waals surface area contributed by atoms with Gasteiger partial charge in [0.05, 0.1) is 25.2 Å². The Hall–Kier alpha value is -2.18. The molecule has 0 aliphatic heterocycles. The van der Waals surface area contributed by atoms with Gasteiger partial charge in [-0.05, 0) is 70.6 Å². The standard InChI is InChI=1S/C60H111NO5/c1-4-7-10-13-16-19-22-25-27-28-29-30-32-35-38-41-44-47-50-53-60(65)66-56(51-48-45-42-39-36-33-24-21-18-15-12-9-6-3)54-59(64)61-57(55-62)58(63)52-49-46-43-40-37-34-31-26-23-20-17-14-11-8-5-2/h16,19,25,27,29-30,35,38,56-58,62-63H,4-15,17-18,20-24,26,28,31-34,36-37,39-55H2,1-3H3,(H,61,64)/b19-16-,27-25-,30-29-,38-35-. The summed E-state index contributed by atoms with van der Waals surface area (Å²) in [5.74, 6) is -0.497. The van der Waals surface area contributed by atoms with E-state index in [9.17, 15) is 19.8 Å². The fraction of sp³-hybridized carbons (Fsp3) is 0.833. The maximum atomic E-state index is 13.3. The van der Waals surface area contributed by atoms with Gasteiger partial charge >= 0.3 is 5.97 Å². The summed E-state index contributed by atoms with van der Waals surface area (Å²) in [5.41, 5.74) is 0. The fourth-order valence-corrected chi connectivity index (χ4v) is 8.77. The van der Waals surface area contributed by atoms with Crippen LogP contribution in [-0.2, 0) is 14.3 Å². The second-order valence-electron chi connectivity index (χ2n) is 19.7. The monoisotopic (exact) mass is 926 g/mol. The topological polar surface area (TPSA) is 95.9 Å². The summed E-state index contributed by atoms with van der Waals surface area (Å²) in [6.45, 7) is 6.48. The summed E-state index contributed by atoms with van der Waals surface area (Å²) >= 11 is 0. The average Bonchev–Trinajstić information content (AvgIpc) is 3.31. The Morgan fingerprint density at radius 3 is 1.18 bits per heavy atom. The highest BCUT2D eigenvalue weighted by Crippen LogP contribution is 2.18. The molecule has 1 amide bonds. The van der Waals surface area contributed by atoms with Gasteiger partial charge in [-0.25, -0.2) is 0 Å². The summed E-state index contributed by atoms with van der Waals surface area (Å²) in [4.78, 5) is 26.3. The number of rotatable bonds is 52. The molecular formula is C60H111NO5. The first-order valence-electron chi connectivity index (χ1n) is 28.9. The maximum absolute atomic E-state index is 13.3. The van der Waals surface area contributed by atoms with Crippen LogP contribution in [0.2, 0.25) is 0 Å². The molecule has 0 saturated carbocycles. The lowest BCUT2D eigenvalue weighted by Gasteiger charge is -2.24. The number of amides is 1. The minimum Gasteiger partial charge on any atom is -0.462 e. The second kappa shape index (κ2) is 53.8. The lowest BCUT2D eigenvalue weighted by Crippen LogP contribution is -2.46. The SMILES string of the molecule is CCCCC/C=C\C/C=C\C/C=C\C/C=C\CCCCCC(=O)OC(CCCCCCCCCCCCCCC)CC(=O)NC(CO)C(O)CCCCCCCCCCCCCCCCC. The van der Waals surface area contributed by atoms with Crippen LogP contribution in [0.5, 0.6) is 0 Å². The van der Waals surface area contributed by atoms with Crippen molar-refractivity contribution in [2.75, 3.05) is 6.61 Å². The van der Waals surface area contributed by atoms with E-state index in [0.29, 0.717) is 19.3 Å². The number of aliphatic hydroxyl groups is 2. The number of unbranched alkanes of at least 4 members (excludes halogenated alkanes) is 32. The number of aliphatic hydroxyl groups excluding tert-OH is 2. The number of hydrogen-bond acceptors (Lipinski definition) is 5. The molecule has 0 heterocycles. The van der Waals surface area contributed by atoms with Crippen LogP contribution >= 0.6 is 0 Å². The van der Waals surface area contributed by atoms with Gasteiger partial charge in [0.2, 0.25) is 5.91 Å². The highest BCUT2D eigenvalue weighted by atomic mass is 16.5. The zero-order valence-corrected chi connectivity index (χ0v) is 44.1. The van der Waals surface area contributed by atoms with Crippen LogP contribution in [0.3, 0.4) is 0 Å². The van der Waals surface area contributed by atoms with Gasteiger partial charge in [-0.15, -0.1) is 0 Å². The average molecular weight is 927 g/mol. The smallest absolute Gasteiger partial charge is 0.306 e. The van der Waals surface area contributed by atoms with Crippen molar-refractivity contribution < 1.29 is 24.5 Å². The lowest BCUT2D eigenvalue weighted by molar-refractivity contribution is -0.151. The number of allylic oxidation sites excluding steroid dienone is 8. The van der Waals surface area contributed by atoms with E-state index in [1.54, 1.807) is 0 Å². The molecular weight excluding hydrogens is 815 g/mol. The molecule has 0 aliphatic rings. The van der Waals surface area contributed by atoms with E-state index in [0.717, 1.165) is 77.0 Å². The van der Waals surface area contributed by atoms with Crippen LogP contribution < -0.4 is 5.32 Å². The summed E-state index contributed by atoms with van der Waals surface area (Å²) in [5, 5.41) is 23.9. The maximum Gasteiger partial charge on any atom is 0.306 e. The van der Waals surface area contributed by atoms with Gasteiger partial charge in [-0.2, -0.15) is 0 Å². The fourth-order valence-electron chi connectivity index (χ4n) is 8.77. The summed E-state index contributed by atoms with van der Waals surface area (Å²) in [6.07, 6.45) is 66.0. The summed E-state index contributed by atoms with van der Waals surface area (Å²) < 4.78 is 5.95. The molecule has 66 heavy (non-hydrogen) atoms. The zero-order valence-electron chi connectivity index (χ0n) is 44.1. The van der Waals surface area contributed by atoms with E-state index in [1.807, 2.05) is 0 Å². The molecule has 0 aromatic rings. The first-order chi connectivity index (χ1) is 32.5. The Labute approximate surface area is 410 Å². The van der Waals surface area contributed by atoms with Crippen molar-refractivity contribution in [2.45, 2.75) is 315 Å². The summed E-state index contributed by atoms with van der Waals surface area (Å²) in [7, 11) is 0. The highest BCUT2D eigenvalue weighted by Gasteiger charge is 2.24. The molecule has 0 rings (SSSR count). The van der Waals surface area contributed by atoms with Crippen molar-refractivity contribution in [3.63, 3.8) is 0 Å². The molecule has 0 spiro atoms. The minimum absolute atomic E-state index is 0.0677. The molecule has 0 fully saturated rings. The third-order valence-corrected chi connectivity index (χ3v) is 13.2. The van der Waals surface area contributed by atoms with E-state index >= 15 is 0 Å². The van der Waals surface area contributed by atoms with Gasteiger partial charge in [-0.3, -0.25) is 9.59 Å². The van der Waals surface area contributed by atoms with Crippen molar-refractivity contribution in [3.05, 3.63) is 48.6 Å². The van der Waals surface area contributed by atoms with Crippen LogP contribution in [0.25, 0.3) is 0 Å². The molecule has 0 aromatic heterocycles. The predicted octanol–water partition coefficient (Wildman–Crippen LogP) is 17.8. The van der Waals surface area contributed by atoms with Crippen LogP contribution in [0.15, 0.2) is 48.6 Å². The second-order valence-corrected chi connectivity index (χ2v) is 19.7. The number of carbonyl (C=O) groups excluding carboxylic acids is 2. The molecule has 0 aliphatic carbocycles. The van der Waals surface area contributed by atoms with Gasteiger partial charge in [0.25, 0.3) is 0 Å². The molecule has 3 N–H and O–H groups in total. The van der Waals surface area contributed by atoms with Crippen LogP contribution in [0.4, 0.5) is 0 Å². The van der Waals surface area contributed by atoms with Crippen molar-refractivity contribution in [1.29, 1.82) is 0 Å². The van der Waals surface area contributed by atoms with Crippen LogP contribution in [0.1, 0.15) is 297 Å². The van der Waals surface area contributed by atoms with Gasteiger partial charge < -0.3 is 20.3 Å². The van der Waals surface area contributed by atoms with Crippen molar-refractivity contribution in [3.8, 4) is 0 Å². The van der Waals surface area contributed by atoms with Gasteiger partial charge in [0, 0.05) is 6.42 Å². The number of nitrogens with one attached hydrogen (secondary N) is 1. The van der Waals surface area contributed by atoms with E-state index in [-0.39, 0.29) is 24.9 Å². The van der Waals surface area contributed by atoms with Crippen LogP contribution in [-0.4, -0.2) is 46.9 Å². The van der Waals surface area contributed by atoms with Crippen LogP contribution in [0, 0.1) is 0 Å². The van der Waals surface area contributed by atoms with Crippen molar-refractivity contribution >= 4 is 11.9 Å². The van der Waals surface area contributed by atoms with Crippen molar-refractivity contribution in [1.82, 2.24) is 5.32 Å². The Bertz CT molecular complexity index is 1130. The molecule has 0 aromatic carbocycles. The van der Waals surface area contributed by atoms with E-state index in [2.05, 4.69) is 74.7 Å². The first kappa shape index (κ1) is 63.8. The highest BCUT2D eigenvalue weighted by molar-refractivity contribution is 5.77. The van der Waals surface area contributed by atoms with E-state index < -0.39 is 18.2 Å². The Morgan fingerprint density at radius 1 is 0.439 bits per heavy atom. The minimum atomic E-state index is -0.792. The first-order valence-corrected chi connectivity index (χ1v) is 28.9. The quantitative estimate of drug-likeness (QED) is 0.0321. The van der Waals surface area contributed by atoms with Gasteiger partial charge in [0.1, 0.15) is 6.10 Å². The third kappa shape index (κ3) is 48.3. The molecule has 6 nitrogen and oxygen atoms in total. The molecule has 0 bridgehead atoms. The molecule has 386 valence electrons. The zero-order chi connectivity index (χ0) is 48.1. The molecule has 6 heteroatoms. The van der Waals surface area contributed by atoms with Gasteiger partial charge in [-0.1, -0.05) is 262 Å². The van der Waals surface area contributed by atoms with E-state index in [4.69, 9.17) is 4.74 Å². The Kier molecular flexibility index (Phi) is 52.0.